The molecule has 0 saturated heterocycles. The zero-order valence-corrected chi connectivity index (χ0v) is 14.5. The van der Waals surface area contributed by atoms with Crippen LogP contribution in [0.15, 0.2) is 30.5 Å². The number of anilines is 3. The number of nitrogens with two attached hydrogens (primary N) is 1. The molecule has 2 aromatic heterocycles. The molecule has 5 N–H and O–H groups in total. The molecule has 1 aromatic carbocycles. The van der Waals surface area contributed by atoms with E-state index in [1.807, 2.05) is 0 Å². The van der Waals surface area contributed by atoms with Gasteiger partial charge in [0.25, 0.3) is 5.91 Å². The predicted molar refractivity (Wildman–Crippen MR) is 98.9 cm³/mol. The number of pyridine rings is 1. The first-order chi connectivity index (χ1) is 13.0. The van der Waals surface area contributed by atoms with Crippen molar-refractivity contribution < 1.29 is 13.6 Å². The lowest BCUT2D eigenvalue weighted by molar-refractivity contribution is 0.0947. The number of halogens is 2. The number of aromatic amines is 1. The molecule has 0 aliphatic carbocycles. The molecular weight excluding hydrogens is 352 g/mol. The van der Waals surface area contributed by atoms with Gasteiger partial charge in [-0.3, -0.25) is 4.79 Å². The molecule has 4 rings (SSSR count). The van der Waals surface area contributed by atoms with Crippen molar-refractivity contribution >= 4 is 23.1 Å². The smallest absolute Gasteiger partial charge is 0.255 e. The molecule has 0 atom stereocenters. The van der Waals surface area contributed by atoms with Gasteiger partial charge in [-0.15, -0.1) is 0 Å². The number of H-pyrrole nitrogens is 1. The second-order valence-electron chi connectivity index (χ2n) is 6.33. The molecule has 6 nitrogen and oxygen atoms in total. The normalized spacial score (nSPS) is 13.2. The van der Waals surface area contributed by atoms with Gasteiger partial charge in [-0.25, -0.2) is 13.8 Å². The van der Waals surface area contributed by atoms with Gasteiger partial charge in [-0.2, -0.15) is 0 Å². The van der Waals surface area contributed by atoms with E-state index in [9.17, 15) is 13.6 Å². The van der Waals surface area contributed by atoms with Crippen molar-refractivity contribution in [3.05, 3.63) is 58.9 Å². The Bertz CT molecular complexity index is 1060. The summed E-state index contributed by atoms with van der Waals surface area (Å²) in [6, 6.07) is 6.09. The first-order valence-electron chi connectivity index (χ1n) is 8.43. The Morgan fingerprint density at radius 1 is 1.26 bits per heavy atom. The number of aromatic nitrogens is 2. The van der Waals surface area contributed by atoms with Crippen LogP contribution in [0.1, 0.15) is 21.6 Å². The molecule has 8 heteroatoms. The Balaban J connectivity index is 1.93. The summed E-state index contributed by atoms with van der Waals surface area (Å²) in [5.41, 5.74) is 8.47. The molecule has 3 heterocycles. The van der Waals surface area contributed by atoms with Crippen LogP contribution in [0.3, 0.4) is 0 Å². The molecule has 27 heavy (non-hydrogen) atoms. The van der Waals surface area contributed by atoms with Gasteiger partial charge in [0.2, 0.25) is 0 Å². The topological polar surface area (TPSA) is 95.8 Å². The average Bonchev–Trinajstić information content (AvgIpc) is 3.01. The number of hydrogen-bond acceptors (Lipinski definition) is 4. The highest BCUT2D eigenvalue weighted by Crippen LogP contribution is 2.39. The number of nitrogens with one attached hydrogen (secondary N) is 3. The van der Waals surface area contributed by atoms with Crippen LogP contribution in [-0.2, 0) is 6.42 Å². The van der Waals surface area contributed by atoms with Gasteiger partial charge in [0.15, 0.2) is 11.6 Å². The maximum Gasteiger partial charge on any atom is 0.255 e. The van der Waals surface area contributed by atoms with Gasteiger partial charge in [-0.1, -0.05) is 6.07 Å². The summed E-state index contributed by atoms with van der Waals surface area (Å²) < 4.78 is 28.6. The third kappa shape index (κ3) is 2.79. The van der Waals surface area contributed by atoms with E-state index in [0.717, 1.165) is 0 Å². The number of carbonyl (C=O) groups excluding carboxylic acids is 1. The molecule has 0 radical (unpaired) electrons. The summed E-state index contributed by atoms with van der Waals surface area (Å²) in [6.45, 7) is 2.10. The van der Waals surface area contributed by atoms with E-state index < -0.39 is 5.82 Å². The summed E-state index contributed by atoms with van der Waals surface area (Å²) >= 11 is 0. The standard InChI is InChI=1S/C19H17F2N5O/c1-9-11(20)3-2-4-12(9)25-17-14-13(6-8-24-19(14)27)26-16(17)10-5-7-23-18(22)15(10)21/h2-5,7,25-26H,6,8H2,1H3,(H2,22,23)(H,24,27). The number of rotatable bonds is 3. The summed E-state index contributed by atoms with van der Waals surface area (Å²) in [7, 11) is 0. The SMILES string of the molecule is Cc1c(F)cccc1Nc1c(-c2ccnc(N)c2F)[nH]c2c1C(=O)NCC2. The zero-order valence-electron chi connectivity index (χ0n) is 14.5. The van der Waals surface area contributed by atoms with Gasteiger partial charge in [0, 0.05) is 41.7 Å². The lowest BCUT2D eigenvalue weighted by Crippen LogP contribution is -2.31. The summed E-state index contributed by atoms with van der Waals surface area (Å²) in [6.07, 6.45) is 1.96. The van der Waals surface area contributed by atoms with Crippen molar-refractivity contribution in [2.75, 3.05) is 17.6 Å². The fraction of sp³-hybridized carbons (Fsp3) is 0.158. The summed E-state index contributed by atoms with van der Waals surface area (Å²) in [4.78, 5) is 19.3. The van der Waals surface area contributed by atoms with Gasteiger partial charge < -0.3 is 21.4 Å². The van der Waals surface area contributed by atoms with E-state index >= 15 is 0 Å². The van der Waals surface area contributed by atoms with Crippen LogP contribution in [0.5, 0.6) is 0 Å². The molecule has 3 aromatic rings. The lowest BCUT2D eigenvalue weighted by atomic mass is 10.0. The third-order valence-electron chi connectivity index (χ3n) is 4.68. The van der Waals surface area contributed by atoms with Crippen LogP contribution in [0.4, 0.5) is 26.0 Å². The number of benzene rings is 1. The van der Waals surface area contributed by atoms with E-state index in [0.29, 0.717) is 46.9 Å². The van der Waals surface area contributed by atoms with E-state index in [1.165, 1.54) is 18.3 Å². The van der Waals surface area contributed by atoms with Crippen LogP contribution in [-0.4, -0.2) is 22.4 Å². The van der Waals surface area contributed by atoms with Gasteiger partial charge in [-0.05, 0) is 25.1 Å². The number of amides is 1. The van der Waals surface area contributed by atoms with Crippen molar-refractivity contribution in [2.45, 2.75) is 13.3 Å². The Morgan fingerprint density at radius 3 is 2.89 bits per heavy atom. The highest BCUT2D eigenvalue weighted by atomic mass is 19.1. The minimum absolute atomic E-state index is 0.182. The molecule has 1 amide bonds. The van der Waals surface area contributed by atoms with Crippen molar-refractivity contribution in [3.8, 4) is 11.3 Å². The Morgan fingerprint density at radius 2 is 2.07 bits per heavy atom. The summed E-state index contributed by atoms with van der Waals surface area (Å²) in [5, 5.41) is 5.88. The monoisotopic (exact) mass is 369 g/mol. The third-order valence-corrected chi connectivity index (χ3v) is 4.68. The van der Waals surface area contributed by atoms with Gasteiger partial charge >= 0.3 is 0 Å². The van der Waals surface area contributed by atoms with Crippen molar-refractivity contribution in [2.24, 2.45) is 0 Å². The molecule has 0 unspecified atom stereocenters. The lowest BCUT2D eigenvalue weighted by Gasteiger charge is -2.16. The molecule has 0 bridgehead atoms. The number of hydrogen-bond donors (Lipinski definition) is 4. The zero-order chi connectivity index (χ0) is 19.1. The van der Waals surface area contributed by atoms with Gasteiger partial charge in [0.1, 0.15) is 5.82 Å². The van der Waals surface area contributed by atoms with Crippen molar-refractivity contribution in [1.29, 1.82) is 0 Å². The number of fused-ring (bicyclic) bond motifs is 1. The second kappa shape index (κ2) is 6.39. The molecule has 1 aliphatic heterocycles. The van der Waals surface area contributed by atoms with Crippen LogP contribution >= 0.6 is 0 Å². The quantitative estimate of drug-likeness (QED) is 0.570. The average molecular weight is 369 g/mol. The molecule has 0 spiro atoms. The summed E-state index contributed by atoms with van der Waals surface area (Å²) in [5.74, 6) is -1.58. The number of carbonyl (C=O) groups is 1. The van der Waals surface area contributed by atoms with E-state index in [1.54, 1.807) is 19.1 Å². The fourth-order valence-corrected chi connectivity index (χ4v) is 3.24. The maximum atomic E-state index is 14.6. The highest BCUT2D eigenvalue weighted by molar-refractivity contribution is 6.06. The molecule has 1 aliphatic rings. The maximum absolute atomic E-state index is 14.6. The molecule has 0 saturated carbocycles. The minimum atomic E-state index is -0.685. The Kier molecular flexibility index (Phi) is 4.02. The second-order valence-corrected chi connectivity index (χ2v) is 6.33. The first kappa shape index (κ1) is 17.0. The largest absolute Gasteiger partial charge is 0.381 e. The Labute approximate surface area is 153 Å². The molecule has 0 fully saturated rings. The Hall–Kier alpha value is -3.42. The molecule has 138 valence electrons. The predicted octanol–water partition coefficient (Wildman–Crippen LogP) is 3.28. The van der Waals surface area contributed by atoms with Crippen molar-refractivity contribution in [1.82, 2.24) is 15.3 Å². The van der Waals surface area contributed by atoms with E-state index in [4.69, 9.17) is 5.73 Å². The first-order valence-corrected chi connectivity index (χ1v) is 8.43. The minimum Gasteiger partial charge on any atom is -0.381 e. The highest BCUT2D eigenvalue weighted by Gasteiger charge is 2.28. The van der Waals surface area contributed by atoms with Crippen LogP contribution in [0.2, 0.25) is 0 Å². The molecular formula is C19H17F2N5O. The van der Waals surface area contributed by atoms with E-state index in [2.05, 4.69) is 20.6 Å². The van der Waals surface area contributed by atoms with Crippen LogP contribution < -0.4 is 16.4 Å². The van der Waals surface area contributed by atoms with Crippen LogP contribution in [0.25, 0.3) is 11.3 Å². The number of nitrogen functional groups attached to an aromatic ring is 1. The van der Waals surface area contributed by atoms with Crippen molar-refractivity contribution in [3.63, 3.8) is 0 Å². The van der Waals surface area contributed by atoms with Crippen LogP contribution in [0, 0.1) is 18.6 Å². The van der Waals surface area contributed by atoms with Gasteiger partial charge in [0.05, 0.1) is 16.9 Å². The van der Waals surface area contributed by atoms with E-state index in [-0.39, 0.29) is 23.1 Å². The fourth-order valence-electron chi connectivity index (χ4n) is 3.24. The number of nitrogens with zero attached hydrogens (tertiary/aromatic N) is 1.